The van der Waals surface area contributed by atoms with Gasteiger partial charge in [0.05, 0.1) is 0 Å². The van der Waals surface area contributed by atoms with E-state index in [1.807, 2.05) is 6.56 Å². The zero-order valence-electron chi connectivity index (χ0n) is 13.8. The molecule has 0 nitrogen and oxygen atoms in total. The molecule has 0 spiro atoms. The molecular formula is C18H27ClZr. The van der Waals surface area contributed by atoms with E-state index in [0.717, 1.165) is 0 Å². The third-order valence-corrected chi connectivity index (χ3v) is 8.02. The van der Waals surface area contributed by atoms with Crippen LogP contribution in [0.2, 0.25) is 0 Å². The van der Waals surface area contributed by atoms with E-state index in [2.05, 4.69) is 38.2 Å². The zero-order chi connectivity index (χ0) is 13.5. The summed E-state index contributed by atoms with van der Waals surface area (Å²) in [5.41, 5.74) is 3.42. The molecule has 0 aromatic rings. The Morgan fingerprint density at radius 2 is 1.35 bits per heavy atom. The Bertz CT molecular complexity index is 392. The molecule has 0 saturated heterocycles. The van der Waals surface area contributed by atoms with Gasteiger partial charge in [-0.25, -0.2) is 0 Å². The van der Waals surface area contributed by atoms with Gasteiger partial charge in [0.25, 0.3) is 0 Å². The monoisotopic (exact) mass is 368 g/mol. The second-order valence-electron chi connectivity index (χ2n) is 5.55. The zero-order valence-corrected chi connectivity index (χ0v) is 16.1. The first-order valence-electron chi connectivity index (χ1n) is 7.89. The van der Waals surface area contributed by atoms with Gasteiger partial charge in [0.15, 0.2) is 0 Å². The predicted octanol–water partition coefficient (Wildman–Crippen LogP) is 2.99. The summed E-state index contributed by atoms with van der Waals surface area (Å²) >= 11 is -0.463. The number of halogens is 1. The summed E-state index contributed by atoms with van der Waals surface area (Å²) in [7, 11) is 0. The largest absolute Gasteiger partial charge is 1.00 e. The summed E-state index contributed by atoms with van der Waals surface area (Å²) < 4.78 is 3.73. The van der Waals surface area contributed by atoms with Crippen LogP contribution in [0.1, 0.15) is 66.6 Å². The van der Waals surface area contributed by atoms with Gasteiger partial charge in [0.1, 0.15) is 0 Å². The van der Waals surface area contributed by atoms with Gasteiger partial charge in [-0.2, -0.15) is 0 Å². The van der Waals surface area contributed by atoms with Crippen LogP contribution in [0.15, 0.2) is 42.0 Å². The van der Waals surface area contributed by atoms with E-state index < -0.39 is 23.2 Å². The maximum Gasteiger partial charge on any atom is -1.00 e. The fourth-order valence-electron chi connectivity index (χ4n) is 2.75. The maximum atomic E-state index is 2.42. The number of hydrogen-bond acceptors (Lipinski definition) is 0. The smallest absolute Gasteiger partial charge is 1.00 e. The third-order valence-electron chi connectivity index (χ3n) is 3.96. The van der Waals surface area contributed by atoms with Crippen molar-refractivity contribution in [2.45, 2.75) is 65.2 Å². The number of unbranched alkanes of at least 4 members (excludes halogenated alkanes) is 2. The minimum Gasteiger partial charge on any atom is -1.00 e. The van der Waals surface area contributed by atoms with E-state index in [1.54, 1.807) is 11.1 Å². The first-order valence-corrected chi connectivity index (χ1v) is 10.3. The van der Waals surface area contributed by atoms with Crippen LogP contribution >= 0.6 is 0 Å². The van der Waals surface area contributed by atoms with Crippen molar-refractivity contribution < 1.29 is 37.1 Å². The van der Waals surface area contributed by atoms with Crippen molar-refractivity contribution in [2.24, 2.45) is 0 Å². The van der Waals surface area contributed by atoms with E-state index >= 15 is 0 Å². The molecule has 0 bridgehead atoms. The molecule has 0 fully saturated rings. The fraction of sp³-hybridized carbons (Fsp3) is 0.556. The van der Waals surface area contributed by atoms with Crippen molar-refractivity contribution >= 4 is 0 Å². The Morgan fingerprint density at radius 1 is 0.900 bits per heavy atom. The van der Waals surface area contributed by atoms with Crippen LogP contribution in [-0.4, -0.2) is 0 Å². The molecule has 0 heterocycles. The predicted molar refractivity (Wildman–Crippen MR) is 81.7 cm³/mol. The molecule has 2 aliphatic rings. The summed E-state index contributed by atoms with van der Waals surface area (Å²) in [6.45, 7) is 4.59. The second kappa shape index (κ2) is 9.96. The molecular weight excluding hydrogens is 343 g/mol. The Balaban J connectivity index is 0.00000200. The van der Waals surface area contributed by atoms with E-state index in [1.165, 1.54) is 51.4 Å². The Hall–Kier alpha value is 0.133. The SMILES string of the molecule is CCCCC1=[C]([Zr+2][C]2=C(CCCC)C=CC2)CC=C1.[Cl-].[H-]. The number of rotatable bonds is 8. The van der Waals surface area contributed by atoms with Crippen LogP contribution in [0.4, 0.5) is 0 Å². The summed E-state index contributed by atoms with van der Waals surface area (Å²) in [5.74, 6) is 0. The van der Waals surface area contributed by atoms with Gasteiger partial charge < -0.3 is 13.8 Å². The maximum absolute atomic E-state index is 2.42. The molecule has 2 aliphatic carbocycles. The van der Waals surface area contributed by atoms with Crippen molar-refractivity contribution in [2.75, 3.05) is 0 Å². The molecule has 2 heteroatoms. The van der Waals surface area contributed by atoms with Gasteiger partial charge in [-0.15, -0.1) is 0 Å². The van der Waals surface area contributed by atoms with Gasteiger partial charge >= 0.3 is 130 Å². The quantitative estimate of drug-likeness (QED) is 0.617. The molecule has 0 atom stereocenters. The molecule has 0 unspecified atom stereocenters. The van der Waals surface area contributed by atoms with Crippen molar-refractivity contribution in [1.29, 1.82) is 0 Å². The van der Waals surface area contributed by atoms with Crippen LogP contribution in [0, 0.1) is 0 Å². The Kier molecular flexibility index (Phi) is 9.05. The first-order chi connectivity index (χ1) is 9.35. The van der Waals surface area contributed by atoms with E-state index in [0.29, 0.717) is 0 Å². The van der Waals surface area contributed by atoms with Gasteiger partial charge in [-0.3, -0.25) is 0 Å². The summed E-state index contributed by atoms with van der Waals surface area (Å²) in [4.78, 5) is 0. The number of allylic oxidation sites excluding steroid dienone is 8. The van der Waals surface area contributed by atoms with Crippen molar-refractivity contribution in [3.05, 3.63) is 42.0 Å². The molecule has 0 saturated carbocycles. The molecule has 110 valence electrons. The molecule has 0 aliphatic heterocycles. The van der Waals surface area contributed by atoms with Crippen LogP contribution in [0.25, 0.3) is 0 Å². The summed E-state index contributed by atoms with van der Waals surface area (Å²) in [5, 5.41) is 0. The molecule has 2 rings (SSSR count). The van der Waals surface area contributed by atoms with E-state index in [9.17, 15) is 0 Å². The molecule has 0 aromatic heterocycles. The van der Waals surface area contributed by atoms with Crippen molar-refractivity contribution in [3.63, 3.8) is 0 Å². The van der Waals surface area contributed by atoms with Gasteiger partial charge in [-0.1, -0.05) is 0 Å². The van der Waals surface area contributed by atoms with Gasteiger partial charge in [-0.05, 0) is 0 Å². The normalized spacial score (nSPS) is 16.9. The van der Waals surface area contributed by atoms with Crippen LogP contribution < -0.4 is 12.4 Å². The van der Waals surface area contributed by atoms with Crippen molar-refractivity contribution in [1.82, 2.24) is 0 Å². The average Bonchev–Trinajstić information content (AvgIpc) is 3.04. The van der Waals surface area contributed by atoms with Crippen LogP contribution in [0.5, 0.6) is 0 Å². The Morgan fingerprint density at radius 3 is 1.75 bits per heavy atom. The summed E-state index contributed by atoms with van der Waals surface area (Å²) in [6, 6.07) is 0. The van der Waals surface area contributed by atoms with Crippen molar-refractivity contribution in [3.8, 4) is 0 Å². The number of hydrogen-bond donors (Lipinski definition) is 0. The minimum absolute atomic E-state index is 0. The average molecular weight is 370 g/mol. The molecule has 0 radical (unpaired) electrons. The first kappa shape index (κ1) is 18.2. The molecule has 20 heavy (non-hydrogen) atoms. The van der Waals surface area contributed by atoms with Gasteiger partial charge in [0.2, 0.25) is 0 Å². The van der Waals surface area contributed by atoms with E-state index in [-0.39, 0.29) is 13.8 Å². The molecule has 0 amide bonds. The van der Waals surface area contributed by atoms with Crippen LogP contribution in [0.3, 0.4) is 0 Å². The minimum atomic E-state index is -0.463. The van der Waals surface area contributed by atoms with E-state index in [4.69, 9.17) is 0 Å². The molecule has 0 aromatic carbocycles. The third kappa shape index (κ3) is 5.16. The second-order valence-corrected chi connectivity index (χ2v) is 9.13. The standard InChI is InChI=1S/2C9H13.ClH.Zr.H/c2*1-2-3-6-9-7-4-5-8-9;;;/h2*4,7H,2-3,5-6H2,1H3;1H;;/q;;;+2;-1/p-1. The summed E-state index contributed by atoms with van der Waals surface area (Å²) in [6.07, 6.45) is 20.2. The Labute approximate surface area is 144 Å². The topological polar surface area (TPSA) is 0 Å². The van der Waals surface area contributed by atoms with Crippen LogP contribution in [-0.2, 0) is 23.2 Å². The van der Waals surface area contributed by atoms with Gasteiger partial charge in [0, 0.05) is 0 Å². The molecule has 0 N–H and O–H groups in total. The fourth-order valence-corrected chi connectivity index (χ4v) is 6.54.